The lowest BCUT2D eigenvalue weighted by atomic mass is 10.0. The molecule has 112 valence electrons. The molecule has 0 radical (unpaired) electrons. The third kappa shape index (κ3) is 2.83. The highest BCUT2D eigenvalue weighted by molar-refractivity contribution is 7.89. The summed E-state index contributed by atoms with van der Waals surface area (Å²) in [5, 5.41) is 0. The third-order valence-electron chi connectivity index (χ3n) is 3.95. The molecular formula is C15H23NO3S. The van der Waals surface area contributed by atoms with Crippen molar-refractivity contribution in [3.05, 3.63) is 23.3 Å². The molecule has 1 aromatic rings. The SMILES string of the molecule is COc1c(C)cc(C)cc1S(=O)(=O)N1CCC(C)CC1. The first-order valence-corrected chi connectivity index (χ1v) is 8.45. The maximum Gasteiger partial charge on any atom is 0.246 e. The van der Waals surface area contributed by atoms with Gasteiger partial charge in [0.25, 0.3) is 0 Å². The van der Waals surface area contributed by atoms with Gasteiger partial charge in [-0.3, -0.25) is 0 Å². The van der Waals surface area contributed by atoms with E-state index in [0.29, 0.717) is 29.7 Å². The third-order valence-corrected chi connectivity index (χ3v) is 5.85. The summed E-state index contributed by atoms with van der Waals surface area (Å²) >= 11 is 0. The standard InChI is InChI=1S/C15H23NO3S/c1-11-5-7-16(8-6-11)20(17,18)14-10-12(2)9-13(3)15(14)19-4/h9-11H,5-8H2,1-4H3. The first-order valence-electron chi connectivity index (χ1n) is 7.01. The van der Waals surface area contributed by atoms with Crippen molar-refractivity contribution >= 4 is 10.0 Å². The fraction of sp³-hybridized carbons (Fsp3) is 0.600. The number of sulfonamides is 1. The van der Waals surface area contributed by atoms with Gasteiger partial charge >= 0.3 is 0 Å². The molecule has 1 aromatic carbocycles. The number of ether oxygens (including phenoxy) is 1. The average Bonchev–Trinajstić information content (AvgIpc) is 2.38. The Kier molecular flexibility index (Phi) is 4.39. The van der Waals surface area contributed by atoms with Crippen LogP contribution in [0.3, 0.4) is 0 Å². The molecule has 0 aromatic heterocycles. The average molecular weight is 297 g/mol. The monoisotopic (exact) mass is 297 g/mol. The van der Waals surface area contributed by atoms with Crippen molar-refractivity contribution in [2.75, 3.05) is 20.2 Å². The van der Waals surface area contributed by atoms with Crippen molar-refractivity contribution in [1.29, 1.82) is 0 Å². The molecular weight excluding hydrogens is 274 g/mol. The molecule has 2 rings (SSSR count). The van der Waals surface area contributed by atoms with Crippen LogP contribution < -0.4 is 4.74 Å². The number of hydrogen-bond donors (Lipinski definition) is 0. The minimum absolute atomic E-state index is 0.298. The highest BCUT2D eigenvalue weighted by atomic mass is 32.2. The van der Waals surface area contributed by atoms with Crippen LogP contribution in [0.15, 0.2) is 17.0 Å². The molecule has 0 aliphatic carbocycles. The molecule has 1 fully saturated rings. The Bertz CT molecular complexity index is 587. The lowest BCUT2D eigenvalue weighted by molar-refractivity contribution is 0.286. The first kappa shape index (κ1) is 15.3. The molecule has 0 amide bonds. The van der Waals surface area contributed by atoms with Crippen molar-refractivity contribution in [1.82, 2.24) is 4.31 Å². The van der Waals surface area contributed by atoms with Crippen molar-refractivity contribution in [2.24, 2.45) is 5.92 Å². The van der Waals surface area contributed by atoms with Crippen LogP contribution in [0, 0.1) is 19.8 Å². The Hall–Kier alpha value is -1.07. The highest BCUT2D eigenvalue weighted by Crippen LogP contribution is 2.33. The summed E-state index contributed by atoms with van der Waals surface area (Å²) < 4.78 is 32.6. The van der Waals surface area contributed by atoms with Gasteiger partial charge in [0.05, 0.1) is 7.11 Å². The lowest BCUT2D eigenvalue weighted by Gasteiger charge is -2.30. The molecule has 0 unspecified atom stereocenters. The summed E-state index contributed by atoms with van der Waals surface area (Å²) in [6, 6.07) is 3.65. The molecule has 1 aliphatic heterocycles. The van der Waals surface area contributed by atoms with E-state index in [2.05, 4.69) is 6.92 Å². The fourth-order valence-corrected chi connectivity index (χ4v) is 4.52. The van der Waals surface area contributed by atoms with Gasteiger partial charge < -0.3 is 4.74 Å². The van der Waals surface area contributed by atoms with E-state index in [1.165, 1.54) is 7.11 Å². The van der Waals surface area contributed by atoms with Crippen LogP contribution in [0.4, 0.5) is 0 Å². The maximum atomic E-state index is 12.8. The smallest absolute Gasteiger partial charge is 0.246 e. The minimum Gasteiger partial charge on any atom is -0.495 e. The Balaban J connectivity index is 2.44. The summed E-state index contributed by atoms with van der Waals surface area (Å²) in [6.07, 6.45) is 1.85. The van der Waals surface area contributed by atoms with Gasteiger partial charge in [-0.15, -0.1) is 0 Å². The van der Waals surface area contributed by atoms with Crippen molar-refractivity contribution in [2.45, 2.75) is 38.5 Å². The first-order chi connectivity index (χ1) is 9.36. The number of hydrogen-bond acceptors (Lipinski definition) is 3. The molecule has 0 saturated carbocycles. The van der Waals surface area contributed by atoms with Gasteiger partial charge in [0, 0.05) is 13.1 Å². The van der Waals surface area contributed by atoms with Crippen molar-refractivity contribution in [3.8, 4) is 5.75 Å². The van der Waals surface area contributed by atoms with Crippen LogP contribution in [0.25, 0.3) is 0 Å². The number of piperidine rings is 1. The van der Waals surface area contributed by atoms with Gasteiger partial charge in [-0.1, -0.05) is 13.0 Å². The van der Waals surface area contributed by atoms with Gasteiger partial charge in [0.15, 0.2) is 0 Å². The summed E-state index contributed by atoms with van der Waals surface area (Å²) in [5.74, 6) is 1.07. The van der Waals surface area contributed by atoms with E-state index in [1.807, 2.05) is 19.9 Å². The highest BCUT2D eigenvalue weighted by Gasteiger charge is 2.31. The quantitative estimate of drug-likeness (QED) is 0.862. The topological polar surface area (TPSA) is 46.6 Å². The zero-order chi connectivity index (χ0) is 14.9. The van der Waals surface area contributed by atoms with Crippen molar-refractivity contribution in [3.63, 3.8) is 0 Å². The van der Waals surface area contributed by atoms with E-state index in [9.17, 15) is 8.42 Å². The molecule has 1 saturated heterocycles. The molecule has 1 aliphatic rings. The van der Waals surface area contributed by atoms with E-state index in [4.69, 9.17) is 4.74 Å². The van der Waals surface area contributed by atoms with Crippen molar-refractivity contribution < 1.29 is 13.2 Å². The van der Waals surface area contributed by atoms with Crippen LogP contribution in [-0.4, -0.2) is 32.9 Å². The van der Waals surface area contributed by atoms with E-state index < -0.39 is 10.0 Å². The van der Waals surface area contributed by atoms with E-state index in [0.717, 1.165) is 24.0 Å². The van der Waals surface area contributed by atoms with Crippen LogP contribution in [0.5, 0.6) is 5.75 Å². The maximum absolute atomic E-state index is 12.8. The van der Waals surface area contributed by atoms with Crippen LogP contribution in [0.1, 0.15) is 30.9 Å². The molecule has 0 N–H and O–H groups in total. The minimum atomic E-state index is -3.46. The number of aryl methyl sites for hydroxylation is 2. The zero-order valence-corrected chi connectivity index (χ0v) is 13.5. The van der Waals surface area contributed by atoms with Crippen LogP contribution >= 0.6 is 0 Å². The molecule has 1 heterocycles. The second-order valence-electron chi connectivity index (χ2n) is 5.70. The van der Waals surface area contributed by atoms with Gasteiger partial charge in [-0.05, 0) is 49.8 Å². The predicted molar refractivity (Wildman–Crippen MR) is 79.6 cm³/mol. The molecule has 0 spiro atoms. The summed E-state index contributed by atoms with van der Waals surface area (Å²) in [5.41, 5.74) is 1.80. The molecule has 0 atom stereocenters. The largest absolute Gasteiger partial charge is 0.495 e. The summed E-state index contributed by atoms with van der Waals surface area (Å²) in [4.78, 5) is 0.298. The van der Waals surface area contributed by atoms with E-state index in [-0.39, 0.29) is 0 Å². The number of methoxy groups -OCH3 is 1. The van der Waals surface area contributed by atoms with E-state index in [1.54, 1.807) is 10.4 Å². The summed E-state index contributed by atoms with van der Waals surface area (Å²) in [7, 11) is -1.94. The Labute approximate surface area is 121 Å². The Morgan fingerprint density at radius 1 is 1.20 bits per heavy atom. The molecule has 20 heavy (non-hydrogen) atoms. The van der Waals surface area contributed by atoms with Gasteiger partial charge in [0.1, 0.15) is 10.6 Å². The Morgan fingerprint density at radius 3 is 2.35 bits per heavy atom. The summed E-state index contributed by atoms with van der Waals surface area (Å²) in [6.45, 7) is 7.15. The van der Waals surface area contributed by atoms with Crippen LogP contribution in [-0.2, 0) is 10.0 Å². The lowest BCUT2D eigenvalue weighted by Crippen LogP contribution is -2.38. The normalized spacial score (nSPS) is 18.2. The van der Waals surface area contributed by atoms with E-state index >= 15 is 0 Å². The van der Waals surface area contributed by atoms with Gasteiger partial charge in [-0.2, -0.15) is 4.31 Å². The number of rotatable bonds is 3. The number of benzene rings is 1. The molecule has 5 heteroatoms. The second kappa shape index (κ2) is 5.74. The predicted octanol–water partition coefficient (Wildman–Crippen LogP) is 2.73. The number of nitrogens with zero attached hydrogens (tertiary/aromatic N) is 1. The molecule has 4 nitrogen and oxygen atoms in total. The zero-order valence-electron chi connectivity index (χ0n) is 12.6. The second-order valence-corrected chi connectivity index (χ2v) is 7.61. The van der Waals surface area contributed by atoms with Crippen LogP contribution in [0.2, 0.25) is 0 Å². The Morgan fingerprint density at radius 2 is 1.80 bits per heavy atom. The van der Waals surface area contributed by atoms with Gasteiger partial charge in [0.2, 0.25) is 10.0 Å². The van der Waals surface area contributed by atoms with Gasteiger partial charge in [-0.25, -0.2) is 8.42 Å². The fourth-order valence-electron chi connectivity index (χ4n) is 2.73. The molecule has 0 bridgehead atoms.